The standard InChI is InChI=1S/C24H38ClN6O8PS/c1-13(2)38-20(33)14(3)30-40(35,36-8-9-41-22(34)23(4,5)6)37-10-15-17(32)24(7,25)21(39-15)31-12-29-16-18(26)27-11-28-19(16)31/h11-15,17,21,32H,8-10H2,1-7H3,(H,30,35)(H2,26,27,28)/t14?,15-,17-,21-,24-,40?/m1/s1. The number of nitrogens with one attached hydrogen (secondary N) is 1. The molecule has 0 radical (unpaired) electrons. The molecule has 1 saturated heterocycles. The molecule has 1 aliphatic heterocycles. The molecule has 0 bridgehead atoms. The summed E-state index contributed by atoms with van der Waals surface area (Å²) in [6, 6.07) is -1.06. The van der Waals surface area contributed by atoms with E-state index in [1.807, 2.05) is 0 Å². The van der Waals surface area contributed by atoms with Crippen molar-refractivity contribution in [1.82, 2.24) is 24.6 Å². The highest BCUT2D eigenvalue weighted by molar-refractivity contribution is 8.13. The molecule has 0 saturated carbocycles. The first kappa shape index (κ1) is 33.7. The van der Waals surface area contributed by atoms with Gasteiger partial charge in [-0.15, -0.1) is 11.6 Å². The number of ether oxygens (including phenoxy) is 2. The number of hydrogen-bond donors (Lipinski definition) is 3. The van der Waals surface area contributed by atoms with Gasteiger partial charge in [0.25, 0.3) is 0 Å². The van der Waals surface area contributed by atoms with E-state index in [-0.39, 0.29) is 23.3 Å². The van der Waals surface area contributed by atoms with E-state index in [2.05, 4.69) is 20.0 Å². The van der Waals surface area contributed by atoms with Crippen LogP contribution in [0.5, 0.6) is 0 Å². The molecular formula is C24H38ClN6O8PS. The van der Waals surface area contributed by atoms with E-state index in [0.29, 0.717) is 11.2 Å². The third kappa shape index (κ3) is 8.17. The number of nitrogens with two attached hydrogens (primary N) is 1. The summed E-state index contributed by atoms with van der Waals surface area (Å²) in [7, 11) is -4.19. The highest BCUT2D eigenvalue weighted by Crippen LogP contribution is 2.48. The lowest BCUT2D eigenvalue weighted by atomic mass is 10.00. The van der Waals surface area contributed by atoms with Gasteiger partial charge in [0.2, 0.25) is 0 Å². The van der Waals surface area contributed by atoms with Crippen LogP contribution in [0.1, 0.15) is 54.7 Å². The van der Waals surface area contributed by atoms with Crippen LogP contribution < -0.4 is 10.8 Å². The van der Waals surface area contributed by atoms with Gasteiger partial charge in [-0.2, -0.15) is 0 Å². The lowest BCUT2D eigenvalue weighted by Crippen LogP contribution is -2.40. The molecule has 1 fully saturated rings. The number of esters is 1. The number of aliphatic hydroxyl groups excluding tert-OH is 1. The van der Waals surface area contributed by atoms with E-state index >= 15 is 0 Å². The summed E-state index contributed by atoms with van der Waals surface area (Å²) in [5.41, 5.74) is 6.01. The SMILES string of the molecule is CC(C)OC(=O)C(C)NP(=O)(OCCSC(=O)C(C)(C)C)OC[C@H]1O[C@@H](n2cnc3c(N)ncnc32)[C@](C)(Cl)[C@@H]1O. The fourth-order valence-electron chi connectivity index (χ4n) is 3.81. The zero-order valence-electron chi connectivity index (χ0n) is 24.1. The second-order valence-electron chi connectivity index (χ2n) is 11.1. The third-order valence-corrected chi connectivity index (χ3v) is 9.38. The molecule has 41 heavy (non-hydrogen) atoms. The number of nitrogens with zero attached hydrogens (tertiary/aromatic N) is 4. The van der Waals surface area contributed by atoms with Crippen LogP contribution in [0.3, 0.4) is 0 Å². The van der Waals surface area contributed by atoms with E-state index < -0.39 is 61.2 Å². The van der Waals surface area contributed by atoms with Gasteiger partial charge >= 0.3 is 13.7 Å². The minimum Gasteiger partial charge on any atom is -0.462 e. The van der Waals surface area contributed by atoms with Crippen molar-refractivity contribution in [3.05, 3.63) is 12.7 Å². The molecule has 230 valence electrons. The van der Waals surface area contributed by atoms with E-state index in [1.54, 1.807) is 41.5 Å². The number of imidazole rings is 1. The van der Waals surface area contributed by atoms with Crippen LogP contribution in [0, 0.1) is 5.41 Å². The number of halogens is 1. The first-order valence-corrected chi connectivity index (χ1v) is 15.9. The van der Waals surface area contributed by atoms with Gasteiger partial charge in [-0.3, -0.25) is 23.2 Å². The van der Waals surface area contributed by atoms with Crippen LogP contribution in [0.2, 0.25) is 0 Å². The number of thioether (sulfide) groups is 1. The number of aliphatic hydroxyl groups is 1. The van der Waals surface area contributed by atoms with Crippen molar-refractivity contribution in [2.24, 2.45) is 5.41 Å². The molecule has 14 nitrogen and oxygen atoms in total. The van der Waals surface area contributed by atoms with Gasteiger partial charge in [-0.05, 0) is 27.7 Å². The summed E-state index contributed by atoms with van der Waals surface area (Å²) in [4.78, 5) is 35.6. The molecule has 0 amide bonds. The second kappa shape index (κ2) is 13.2. The molecule has 3 heterocycles. The maximum absolute atomic E-state index is 13.7. The normalized spacial score (nSPS) is 25.4. The van der Waals surface area contributed by atoms with E-state index in [0.717, 1.165) is 11.8 Å². The van der Waals surface area contributed by atoms with Crippen molar-refractivity contribution in [3.8, 4) is 0 Å². The Morgan fingerprint density at radius 1 is 1.29 bits per heavy atom. The molecule has 0 aliphatic carbocycles. The Balaban J connectivity index is 1.74. The molecule has 0 spiro atoms. The molecule has 4 N–H and O–H groups in total. The molecule has 17 heteroatoms. The highest BCUT2D eigenvalue weighted by Gasteiger charge is 2.54. The molecule has 1 aliphatic rings. The van der Waals surface area contributed by atoms with E-state index in [1.165, 1.54) is 24.1 Å². The molecule has 2 aromatic heterocycles. The largest absolute Gasteiger partial charge is 0.462 e. The summed E-state index contributed by atoms with van der Waals surface area (Å²) in [6.45, 7) is 11.2. The minimum atomic E-state index is -4.19. The molecule has 2 unspecified atom stereocenters. The molecule has 0 aromatic carbocycles. The maximum Gasteiger partial charge on any atom is 0.406 e. The Morgan fingerprint density at radius 2 is 1.98 bits per heavy atom. The molecule has 2 aromatic rings. The average molecular weight is 637 g/mol. The zero-order chi connectivity index (χ0) is 30.8. The third-order valence-electron chi connectivity index (χ3n) is 6.01. The van der Waals surface area contributed by atoms with E-state index in [9.17, 15) is 19.3 Å². The number of alkyl halides is 1. The summed E-state index contributed by atoms with van der Waals surface area (Å²) in [5.74, 6) is -0.303. The van der Waals surface area contributed by atoms with Crippen LogP contribution in [0.15, 0.2) is 12.7 Å². The quantitative estimate of drug-likeness (QED) is 0.133. The van der Waals surface area contributed by atoms with Gasteiger partial charge in [0.15, 0.2) is 22.8 Å². The van der Waals surface area contributed by atoms with E-state index in [4.69, 9.17) is 35.9 Å². The number of rotatable bonds is 12. The van der Waals surface area contributed by atoms with Crippen LogP contribution in [0.25, 0.3) is 11.2 Å². The Labute approximate surface area is 248 Å². The highest BCUT2D eigenvalue weighted by atomic mass is 35.5. The van der Waals surface area contributed by atoms with Crippen LogP contribution in [-0.4, -0.2) is 83.9 Å². The predicted octanol–water partition coefficient (Wildman–Crippen LogP) is 3.04. The van der Waals surface area contributed by atoms with Crippen LogP contribution in [-0.2, 0) is 32.7 Å². The smallest absolute Gasteiger partial charge is 0.406 e. The number of hydrogen-bond acceptors (Lipinski definition) is 13. The number of fused-ring (bicyclic) bond motifs is 1. The van der Waals surface area contributed by atoms with Gasteiger partial charge in [0.05, 0.1) is 25.6 Å². The number of carbonyl (C=O) groups excluding carboxylic acids is 2. The lowest BCUT2D eigenvalue weighted by Gasteiger charge is -2.26. The Kier molecular flexibility index (Phi) is 10.8. The molecule has 6 atom stereocenters. The van der Waals surface area contributed by atoms with Crippen molar-refractivity contribution in [2.75, 3.05) is 24.7 Å². The van der Waals surface area contributed by atoms with Crippen molar-refractivity contribution in [1.29, 1.82) is 0 Å². The second-order valence-corrected chi connectivity index (χ2v) is 14.7. The number of aromatic nitrogens is 4. The summed E-state index contributed by atoms with van der Waals surface area (Å²) in [5, 5.41) is 13.5. The summed E-state index contributed by atoms with van der Waals surface area (Å²) < 4.78 is 37.7. The Morgan fingerprint density at radius 3 is 2.61 bits per heavy atom. The fourth-order valence-corrected chi connectivity index (χ4v) is 6.49. The van der Waals surface area contributed by atoms with Crippen molar-refractivity contribution in [3.63, 3.8) is 0 Å². The topological polar surface area (TPSA) is 190 Å². The number of carbonyl (C=O) groups is 2. The summed E-state index contributed by atoms with van der Waals surface area (Å²) in [6.07, 6.45) is -1.01. The van der Waals surface area contributed by atoms with Gasteiger partial charge in [-0.25, -0.2) is 24.6 Å². The van der Waals surface area contributed by atoms with Crippen LogP contribution in [0.4, 0.5) is 5.82 Å². The first-order chi connectivity index (χ1) is 19.0. The van der Waals surface area contributed by atoms with Crippen molar-refractivity contribution < 1.29 is 37.8 Å². The van der Waals surface area contributed by atoms with Gasteiger partial charge < -0.3 is 20.3 Å². The molecule has 3 rings (SSSR count). The lowest BCUT2D eigenvalue weighted by molar-refractivity contribution is -0.149. The van der Waals surface area contributed by atoms with Crippen LogP contribution >= 0.6 is 31.1 Å². The predicted molar refractivity (Wildman–Crippen MR) is 154 cm³/mol. The van der Waals surface area contributed by atoms with Gasteiger partial charge in [0.1, 0.15) is 35.0 Å². The Hall–Kier alpha value is -1.84. The fraction of sp³-hybridized carbons (Fsp3) is 0.708. The monoisotopic (exact) mass is 636 g/mol. The van der Waals surface area contributed by atoms with Gasteiger partial charge in [-0.1, -0.05) is 32.5 Å². The number of anilines is 1. The first-order valence-electron chi connectivity index (χ1n) is 13.0. The minimum absolute atomic E-state index is 0.0624. The van der Waals surface area contributed by atoms with Crippen molar-refractivity contribution >= 4 is 59.2 Å². The number of nitrogen functional groups attached to an aromatic ring is 1. The zero-order valence-corrected chi connectivity index (χ0v) is 26.5. The van der Waals surface area contributed by atoms with Gasteiger partial charge in [0, 0.05) is 11.2 Å². The van der Waals surface area contributed by atoms with Crippen molar-refractivity contribution in [2.45, 2.75) is 83.9 Å². The average Bonchev–Trinajstić information content (AvgIpc) is 3.38. The Bertz CT molecular complexity index is 1290. The maximum atomic E-state index is 13.7. The molecular weight excluding hydrogens is 599 g/mol. The summed E-state index contributed by atoms with van der Waals surface area (Å²) >= 11 is 7.77.